The fourth-order valence-electron chi connectivity index (χ4n) is 9.72. The summed E-state index contributed by atoms with van der Waals surface area (Å²) in [6.07, 6.45) is 0. The third-order valence-electron chi connectivity index (χ3n) is 12.2. The molecule has 59 heavy (non-hydrogen) atoms. The molecule has 0 nitrogen and oxygen atoms in total. The van der Waals surface area contributed by atoms with Gasteiger partial charge in [-0.15, -0.1) is 11.3 Å². The SMILES string of the molecule is c1ccc(-c2cccc(-c3c4ccccc4c(-c4cccc5c4sc4ccc(-c6c7ccccc7c(-c7ccccc7)c7ccccc67)cc45)c4ccccc34)c2)cc1. The Morgan fingerprint density at radius 1 is 0.220 bits per heavy atom. The molecule has 0 fully saturated rings. The van der Waals surface area contributed by atoms with Gasteiger partial charge in [-0.25, -0.2) is 0 Å². The van der Waals surface area contributed by atoms with Crippen LogP contribution in [0.25, 0.3) is 119 Å². The molecule has 0 radical (unpaired) electrons. The van der Waals surface area contributed by atoms with Crippen LogP contribution in [0, 0.1) is 0 Å². The normalized spacial score (nSPS) is 11.7. The lowest BCUT2D eigenvalue weighted by atomic mass is 9.85. The maximum atomic E-state index is 2.45. The summed E-state index contributed by atoms with van der Waals surface area (Å²) in [7, 11) is 0. The molecule has 0 aliphatic rings. The fraction of sp³-hybridized carbons (Fsp3) is 0. The molecule has 0 aliphatic heterocycles. The molecule has 274 valence electrons. The van der Waals surface area contributed by atoms with Crippen LogP contribution in [0.5, 0.6) is 0 Å². The van der Waals surface area contributed by atoms with Crippen molar-refractivity contribution in [2.45, 2.75) is 0 Å². The molecule has 12 aromatic rings. The van der Waals surface area contributed by atoms with Gasteiger partial charge in [0, 0.05) is 25.7 Å². The van der Waals surface area contributed by atoms with Gasteiger partial charge in [-0.3, -0.25) is 0 Å². The summed E-state index contributed by atoms with van der Waals surface area (Å²) in [5.74, 6) is 0. The molecule has 0 saturated heterocycles. The minimum Gasteiger partial charge on any atom is -0.135 e. The minimum atomic E-state index is 1.22. The monoisotopic (exact) mass is 764 g/mol. The van der Waals surface area contributed by atoms with Crippen LogP contribution in [0.3, 0.4) is 0 Å². The third-order valence-corrected chi connectivity index (χ3v) is 13.5. The van der Waals surface area contributed by atoms with Gasteiger partial charge in [-0.05, 0) is 111 Å². The Hall–Kier alpha value is -7.32. The van der Waals surface area contributed by atoms with Crippen molar-refractivity contribution in [3.8, 4) is 55.6 Å². The van der Waals surface area contributed by atoms with E-state index in [4.69, 9.17) is 0 Å². The molecular formula is C58H36S. The van der Waals surface area contributed by atoms with Gasteiger partial charge < -0.3 is 0 Å². The summed E-state index contributed by atoms with van der Waals surface area (Å²) < 4.78 is 2.62. The lowest BCUT2D eigenvalue weighted by Crippen LogP contribution is -1.91. The van der Waals surface area contributed by atoms with E-state index in [0.717, 1.165) is 0 Å². The smallest absolute Gasteiger partial charge is 0.0434 e. The molecule has 0 unspecified atom stereocenters. The van der Waals surface area contributed by atoms with Crippen molar-refractivity contribution in [2.24, 2.45) is 0 Å². The largest absolute Gasteiger partial charge is 0.135 e. The average molecular weight is 765 g/mol. The van der Waals surface area contributed by atoms with Gasteiger partial charge in [0.15, 0.2) is 0 Å². The van der Waals surface area contributed by atoms with Crippen LogP contribution < -0.4 is 0 Å². The third kappa shape index (κ3) is 5.36. The van der Waals surface area contributed by atoms with E-state index in [1.165, 1.54) is 119 Å². The molecular weight excluding hydrogens is 729 g/mol. The second-order valence-corrected chi connectivity index (χ2v) is 16.5. The number of thiophene rings is 1. The van der Waals surface area contributed by atoms with Gasteiger partial charge in [0.1, 0.15) is 0 Å². The highest BCUT2D eigenvalue weighted by Gasteiger charge is 2.21. The predicted molar refractivity (Wildman–Crippen MR) is 257 cm³/mol. The topological polar surface area (TPSA) is 0 Å². The Balaban J connectivity index is 1.09. The number of hydrogen-bond donors (Lipinski definition) is 0. The van der Waals surface area contributed by atoms with Crippen molar-refractivity contribution in [3.63, 3.8) is 0 Å². The molecule has 0 atom stereocenters. The summed E-state index contributed by atoms with van der Waals surface area (Å²) in [6.45, 7) is 0. The van der Waals surface area contributed by atoms with Crippen LogP contribution in [0.1, 0.15) is 0 Å². The predicted octanol–water partition coefficient (Wildman–Crippen LogP) is 17.0. The molecule has 0 aliphatic carbocycles. The van der Waals surface area contributed by atoms with E-state index >= 15 is 0 Å². The highest BCUT2D eigenvalue weighted by molar-refractivity contribution is 7.26. The first-order valence-electron chi connectivity index (χ1n) is 20.3. The lowest BCUT2D eigenvalue weighted by molar-refractivity contribution is 1.61. The van der Waals surface area contributed by atoms with E-state index in [1.54, 1.807) is 0 Å². The maximum absolute atomic E-state index is 2.45. The zero-order chi connectivity index (χ0) is 38.9. The van der Waals surface area contributed by atoms with Crippen LogP contribution in [0.15, 0.2) is 218 Å². The lowest BCUT2D eigenvalue weighted by Gasteiger charge is -2.18. The molecule has 12 rings (SSSR count). The second-order valence-electron chi connectivity index (χ2n) is 15.5. The van der Waals surface area contributed by atoms with Crippen LogP contribution >= 0.6 is 11.3 Å². The highest BCUT2D eigenvalue weighted by atomic mass is 32.1. The van der Waals surface area contributed by atoms with Crippen molar-refractivity contribution in [1.82, 2.24) is 0 Å². The van der Waals surface area contributed by atoms with Crippen molar-refractivity contribution in [2.75, 3.05) is 0 Å². The first-order valence-corrected chi connectivity index (χ1v) is 21.2. The summed E-state index contributed by atoms with van der Waals surface area (Å²) in [5, 5.41) is 12.8. The van der Waals surface area contributed by atoms with E-state index in [1.807, 2.05) is 11.3 Å². The van der Waals surface area contributed by atoms with Gasteiger partial charge in [0.05, 0.1) is 0 Å². The number of fused-ring (bicyclic) bond motifs is 7. The van der Waals surface area contributed by atoms with Crippen molar-refractivity contribution >= 4 is 74.6 Å². The number of benzene rings is 11. The molecule has 0 spiro atoms. The van der Waals surface area contributed by atoms with Crippen LogP contribution in [-0.4, -0.2) is 0 Å². The molecule has 0 amide bonds. The molecule has 1 aromatic heterocycles. The van der Waals surface area contributed by atoms with Crippen LogP contribution in [0.4, 0.5) is 0 Å². The highest BCUT2D eigenvalue weighted by Crippen LogP contribution is 2.50. The van der Waals surface area contributed by atoms with Gasteiger partial charge in [-0.2, -0.15) is 0 Å². The zero-order valence-electron chi connectivity index (χ0n) is 32.2. The molecule has 1 heteroatoms. The molecule has 1 heterocycles. The van der Waals surface area contributed by atoms with Crippen LogP contribution in [0.2, 0.25) is 0 Å². The Kier molecular flexibility index (Phi) is 7.82. The number of hydrogen-bond acceptors (Lipinski definition) is 1. The first-order chi connectivity index (χ1) is 29.3. The summed E-state index contributed by atoms with van der Waals surface area (Å²) in [6, 6.07) is 80.6. The van der Waals surface area contributed by atoms with E-state index in [0.29, 0.717) is 0 Å². The quantitative estimate of drug-likeness (QED) is 0.153. The van der Waals surface area contributed by atoms with E-state index in [9.17, 15) is 0 Å². The summed E-state index contributed by atoms with van der Waals surface area (Å²) >= 11 is 1.91. The first kappa shape index (κ1) is 33.8. The van der Waals surface area contributed by atoms with Crippen LogP contribution in [-0.2, 0) is 0 Å². The van der Waals surface area contributed by atoms with Gasteiger partial charge in [-0.1, -0.05) is 200 Å². The second kappa shape index (κ2) is 13.7. The Morgan fingerprint density at radius 2 is 0.610 bits per heavy atom. The van der Waals surface area contributed by atoms with E-state index in [-0.39, 0.29) is 0 Å². The van der Waals surface area contributed by atoms with Crippen molar-refractivity contribution < 1.29 is 0 Å². The molecule has 0 N–H and O–H groups in total. The number of rotatable bonds is 5. The van der Waals surface area contributed by atoms with Gasteiger partial charge >= 0.3 is 0 Å². The molecule has 11 aromatic carbocycles. The maximum Gasteiger partial charge on any atom is 0.0434 e. The van der Waals surface area contributed by atoms with Crippen molar-refractivity contribution in [1.29, 1.82) is 0 Å². The van der Waals surface area contributed by atoms with Crippen molar-refractivity contribution in [3.05, 3.63) is 218 Å². The Bertz CT molecular complexity index is 3480. The molecule has 0 saturated carbocycles. The Labute approximate surface area is 346 Å². The summed E-state index contributed by atoms with van der Waals surface area (Å²) in [5.41, 5.74) is 12.6. The van der Waals surface area contributed by atoms with E-state index < -0.39 is 0 Å². The van der Waals surface area contributed by atoms with Gasteiger partial charge in [0.25, 0.3) is 0 Å². The Morgan fingerprint density at radius 3 is 1.15 bits per heavy atom. The average Bonchev–Trinajstić information content (AvgIpc) is 3.69. The standard InChI is InChI=1S/C58H36S/c1-3-17-37(18-4-1)39-21-15-22-40(35-39)55-46-27-11-13-29-48(46)57(49-30-14-12-28-47(49)55)51-32-16-31-50-52-36-41(33-34-53(52)59-58(50)51)56-44-25-9-7-23-42(44)54(38-19-5-2-6-20-38)43-24-8-10-26-45(43)56/h1-36H. The van der Waals surface area contributed by atoms with E-state index in [2.05, 4.69) is 218 Å². The van der Waals surface area contributed by atoms with Gasteiger partial charge in [0.2, 0.25) is 0 Å². The molecule has 0 bridgehead atoms. The summed E-state index contributed by atoms with van der Waals surface area (Å²) in [4.78, 5) is 0. The zero-order valence-corrected chi connectivity index (χ0v) is 33.0. The minimum absolute atomic E-state index is 1.22. The fourth-order valence-corrected chi connectivity index (χ4v) is 10.9.